The number of likely N-dealkylation sites (tertiary alicyclic amines) is 1. The van der Waals surface area contributed by atoms with Crippen LogP contribution in [0, 0.1) is 6.92 Å². The molecular weight excluding hydrogens is 304 g/mol. The van der Waals surface area contributed by atoms with Gasteiger partial charge in [0, 0.05) is 18.8 Å². The Morgan fingerprint density at radius 3 is 2.33 bits per heavy atom. The van der Waals surface area contributed by atoms with Crippen LogP contribution in [0.3, 0.4) is 0 Å². The molecule has 4 heterocycles. The highest BCUT2D eigenvalue weighted by Crippen LogP contribution is 2.32. The zero-order valence-corrected chi connectivity index (χ0v) is 14.3. The Morgan fingerprint density at radius 2 is 1.62 bits per heavy atom. The third-order valence-corrected chi connectivity index (χ3v) is 5.26. The summed E-state index contributed by atoms with van der Waals surface area (Å²) in [6, 6.07) is 1.77. The van der Waals surface area contributed by atoms with Crippen molar-refractivity contribution in [3.8, 4) is 0 Å². The molecule has 0 aliphatic carbocycles. The van der Waals surface area contributed by atoms with Crippen molar-refractivity contribution >= 4 is 17.6 Å². The van der Waals surface area contributed by atoms with Gasteiger partial charge >= 0.3 is 0 Å². The van der Waals surface area contributed by atoms with Gasteiger partial charge < -0.3 is 4.90 Å². The quantitative estimate of drug-likeness (QED) is 0.795. The molecule has 2 fully saturated rings. The van der Waals surface area contributed by atoms with E-state index in [0.29, 0.717) is 23.6 Å². The molecule has 0 N–H and O–H groups in total. The number of aryl methyl sites for hydroxylation is 1. The molecule has 3 aliphatic rings. The second kappa shape index (κ2) is 6.16. The van der Waals surface area contributed by atoms with Crippen LogP contribution in [0.15, 0.2) is 6.07 Å². The van der Waals surface area contributed by atoms with Crippen LogP contribution in [-0.2, 0) is 0 Å². The number of piperidine rings is 1. The topological polar surface area (TPSA) is 56.8 Å². The molecule has 0 saturated carbocycles. The number of amides is 2. The van der Waals surface area contributed by atoms with Gasteiger partial charge in [-0.25, -0.2) is 4.98 Å². The molecule has 3 aliphatic heterocycles. The SMILES string of the molecule is Cc1cc2c(c(N3CCCCC3)n1)C(=O)N(CN1CCCC1)C2=O. The summed E-state index contributed by atoms with van der Waals surface area (Å²) in [5.74, 6) is 0.382. The second-order valence-electron chi connectivity index (χ2n) is 7.06. The minimum Gasteiger partial charge on any atom is -0.356 e. The molecule has 24 heavy (non-hydrogen) atoms. The van der Waals surface area contributed by atoms with Crippen molar-refractivity contribution < 1.29 is 9.59 Å². The zero-order valence-electron chi connectivity index (χ0n) is 14.3. The summed E-state index contributed by atoms with van der Waals surface area (Å²) < 4.78 is 0. The van der Waals surface area contributed by atoms with E-state index in [4.69, 9.17) is 0 Å². The Morgan fingerprint density at radius 1 is 0.958 bits per heavy atom. The summed E-state index contributed by atoms with van der Waals surface area (Å²) in [5, 5.41) is 0. The number of hydrogen-bond acceptors (Lipinski definition) is 5. The molecule has 2 amide bonds. The lowest BCUT2D eigenvalue weighted by atomic mass is 10.1. The van der Waals surface area contributed by atoms with E-state index in [-0.39, 0.29) is 11.8 Å². The number of nitrogens with zero attached hydrogens (tertiary/aromatic N) is 4. The van der Waals surface area contributed by atoms with Gasteiger partial charge in [-0.1, -0.05) is 0 Å². The largest absolute Gasteiger partial charge is 0.356 e. The summed E-state index contributed by atoms with van der Waals surface area (Å²) in [5.41, 5.74) is 1.86. The van der Waals surface area contributed by atoms with Crippen molar-refractivity contribution in [3.05, 3.63) is 22.9 Å². The molecule has 4 rings (SSSR count). The van der Waals surface area contributed by atoms with Gasteiger partial charge in [0.2, 0.25) is 0 Å². The van der Waals surface area contributed by atoms with E-state index in [0.717, 1.165) is 57.6 Å². The average Bonchev–Trinajstić information content (AvgIpc) is 3.18. The fraction of sp³-hybridized carbons (Fsp3) is 0.611. The molecule has 0 radical (unpaired) electrons. The van der Waals surface area contributed by atoms with Crippen LogP contribution in [0.1, 0.15) is 58.5 Å². The second-order valence-corrected chi connectivity index (χ2v) is 7.06. The number of aromatic nitrogens is 1. The highest BCUT2D eigenvalue weighted by molar-refractivity contribution is 6.23. The summed E-state index contributed by atoms with van der Waals surface area (Å²) in [6.45, 7) is 6.06. The molecule has 0 aromatic carbocycles. The van der Waals surface area contributed by atoms with Crippen LogP contribution >= 0.6 is 0 Å². The van der Waals surface area contributed by atoms with E-state index in [1.165, 1.54) is 11.3 Å². The van der Waals surface area contributed by atoms with Gasteiger partial charge in [-0.2, -0.15) is 0 Å². The van der Waals surface area contributed by atoms with E-state index in [1.54, 1.807) is 6.07 Å². The fourth-order valence-electron chi connectivity index (χ4n) is 4.00. The van der Waals surface area contributed by atoms with E-state index in [9.17, 15) is 9.59 Å². The lowest BCUT2D eigenvalue weighted by molar-refractivity contribution is 0.0564. The van der Waals surface area contributed by atoms with Crippen molar-refractivity contribution in [2.24, 2.45) is 0 Å². The van der Waals surface area contributed by atoms with Crippen LogP contribution in [0.4, 0.5) is 5.82 Å². The smallest absolute Gasteiger partial charge is 0.266 e. The molecule has 2 saturated heterocycles. The van der Waals surface area contributed by atoms with Crippen molar-refractivity contribution in [1.82, 2.24) is 14.8 Å². The number of hydrogen-bond donors (Lipinski definition) is 0. The van der Waals surface area contributed by atoms with Gasteiger partial charge in [0.15, 0.2) is 0 Å². The maximum absolute atomic E-state index is 13.0. The molecule has 0 unspecified atom stereocenters. The molecular formula is C18H24N4O2. The first-order valence-electron chi connectivity index (χ1n) is 9.00. The van der Waals surface area contributed by atoms with Gasteiger partial charge in [-0.05, 0) is 58.2 Å². The van der Waals surface area contributed by atoms with Crippen molar-refractivity contribution in [1.29, 1.82) is 0 Å². The summed E-state index contributed by atoms with van der Waals surface area (Å²) in [6.07, 6.45) is 5.73. The standard InChI is InChI=1S/C18H24N4O2/c1-13-11-14-15(16(19-13)21-9-3-2-4-10-21)18(24)22(17(14)23)12-20-7-5-6-8-20/h11H,2-10,12H2,1H3. The lowest BCUT2D eigenvalue weighted by Gasteiger charge is -2.29. The van der Waals surface area contributed by atoms with E-state index in [1.807, 2.05) is 6.92 Å². The number of rotatable bonds is 3. The van der Waals surface area contributed by atoms with Crippen LogP contribution < -0.4 is 4.90 Å². The lowest BCUT2D eigenvalue weighted by Crippen LogP contribution is -2.40. The van der Waals surface area contributed by atoms with Crippen LogP contribution in [0.2, 0.25) is 0 Å². The number of fused-ring (bicyclic) bond motifs is 1. The van der Waals surface area contributed by atoms with Crippen molar-refractivity contribution in [2.45, 2.75) is 39.0 Å². The minimum atomic E-state index is -0.171. The molecule has 0 spiro atoms. The number of carbonyl (C=O) groups excluding carboxylic acids is 2. The Balaban J connectivity index is 1.68. The summed E-state index contributed by atoms with van der Waals surface area (Å²) in [4.78, 5) is 36.2. The van der Waals surface area contributed by atoms with Gasteiger partial charge in [-0.3, -0.25) is 19.4 Å². The summed E-state index contributed by atoms with van der Waals surface area (Å²) in [7, 11) is 0. The number of pyridine rings is 1. The highest BCUT2D eigenvalue weighted by atomic mass is 16.2. The number of imide groups is 1. The maximum Gasteiger partial charge on any atom is 0.266 e. The predicted molar refractivity (Wildman–Crippen MR) is 91.2 cm³/mol. The molecule has 1 aromatic heterocycles. The zero-order chi connectivity index (χ0) is 16.7. The van der Waals surface area contributed by atoms with Crippen LogP contribution in [-0.4, -0.2) is 59.4 Å². The predicted octanol–water partition coefficient (Wildman–Crippen LogP) is 2.03. The molecule has 0 atom stereocenters. The Kier molecular flexibility index (Phi) is 4.00. The maximum atomic E-state index is 13.0. The van der Waals surface area contributed by atoms with E-state index in [2.05, 4.69) is 14.8 Å². The van der Waals surface area contributed by atoms with Gasteiger partial charge in [0.25, 0.3) is 11.8 Å². The van der Waals surface area contributed by atoms with Gasteiger partial charge in [0.05, 0.1) is 17.8 Å². The molecule has 0 bridgehead atoms. The normalized spacial score (nSPS) is 21.7. The van der Waals surface area contributed by atoms with Gasteiger partial charge in [0.1, 0.15) is 5.82 Å². The first-order valence-corrected chi connectivity index (χ1v) is 9.00. The third-order valence-electron chi connectivity index (χ3n) is 5.26. The first kappa shape index (κ1) is 15.6. The minimum absolute atomic E-state index is 0.161. The van der Waals surface area contributed by atoms with E-state index >= 15 is 0 Å². The van der Waals surface area contributed by atoms with E-state index < -0.39 is 0 Å². The number of carbonyl (C=O) groups is 2. The Hall–Kier alpha value is -1.95. The monoisotopic (exact) mass is 328 g/mol. The Labute approximate surface area is 142 Å². The van der Waals surface area contributed by atoms with Crippen molar-refractivity contribution in [3.63, 3.8) is 0 Å². The first-order chi connectivity index (χ1) is 11.6. The fourth-order valence-corrected chi connectivity index (χ4v) is 4.00. The van der Waals surface area contributed by atoms with Crippen molar-refractivity contribution in [2.75, 3.05) is 37.7 Å². The molecule has 6 heteroatoms. The Bertz CT molecular complexity index is 676. The van der Waals surface area contributed by atoms with Gasteiger partial charge in [-0.15, -0.1) is 0 Å². The third kappa shape index (κ3) is 2.59. The summed E-state index contributed by atoms with van der Waals surface area (Å²) >= 11 is 0. The molecule has 6 nitrogen and oxygen atoms in total. The highest BCUT2D eigenvalue weighted by Gasteiger charge is 2.40. The molecule has 1 aromatic rings. The average molecular weight is 328 g/mol. The number of anilines is 1. The van der Waals surface area contributed by atoms with Crippen LogP contribution in [0.25, 0.3) is 0 Å². The van der Waals surface area contributed by atoms with Crippen LogP contribution in [0.5, 0.6) is 0 Å². The molecule has 128 valence electrons.